The Labute approximate surface area is 261 Å². The number of nitrogens with one attached hydrogen (secondary N) is 3. The molecule has 1 unspecified atom stereocenters. The molecule has 3 aromatic rings. The maximum atomic E-state index is 15.0. The third-order valence-corrected chi connectivity index (χ3v) is 7.91. The van der Waals surface area contributed by atoms with Gasteiger partial charge in [0.1, 0.15) is 11.4 Å². The van der Waals surface area contributed by atoms with E-state index in [-0.39, 0.29) is 34.7 Å². The molecule has 1 aliphatic rings. The van der Waals surface area contributed by atoms with Gasteiger partial charge in [-0.2, -0.15) is 13.2 Å². The molecule has 240 valence electrons. The van der Waals surface area contributed by atoms with Crippen molar-refractivity contribution in [3.8, 4) is 11.3 Å². The van der Waals surface area contributed by atoms with Gasteiger partial charge in [-0.3, -0.25) is 14.6 Å². The van der Waals surface area contributed by atoms with E-state index in [1.54, 1.807) is 34.6 Å². The van der Waals surface area contributed by atoms with E-state index in [1.807, 2.05) is 0 Å². The fourth-order valence-corrected chi connectivity index (χ4v) is 5.08. The van der Waals surface area contributed by atoms with E-state index in [9.17, 15) is 36.5 Å². The van der Waals surface area contributed by atoms with E-state index < -0.39 is 64.2 Å². The lowest BCUT2D eigenvalue weighted by Gasteiger charge is -2.35. The van der Waals surface area contributed by atoms with Crippen molar-refractivity contribution in [2.45, 2.75) is 63.1 Å². The first kappa shape index (κ1) is 33.7. The molecule has 3 amide bonds. The first-order valence-corrected chi connectivity index (χ1v) is 14.5. The zero-order chi connectivity index (χ0) is 33.4. The van der Waals surface area contributed by atoms with E-state index in [4.69, 9.17) is 4.74 Å². The number of halogens is 4. The summed E-state index contributed by atoms with van der Waals surface area (Å²) in [5.74, 6) is -1.73. The number of hydrogen-bond donors (Lipinski definition) is 4. The van der Waals surface area contributed by atoms with Crippen molar-refractivity contribution in [1.29, 1.82) is 0 Å². The smallest absolute Gasteiger partial charge is 0.412 e. The van der Waals surface area contributed by atoms with E-state index in [0.717, 1.165) is 18.2 Å². The summed E-state index contributed by atoms with van der Waals surface area (Å²) < 4.78 is 71.1. The molecule has 0 saturated carbocycles. The van der Waals surface area contributed by atoms with Crippen LogP contribution >= 0.6 is 12.0 Å². The van der Waals surface area contributed by atoms with E-state index in [0.29, 0.717) is 11.3 Å². The highest BCUT2D eigenvalue weighted by molar-refractivity contribution is 7.94. The highest BCUT2D eigenvalue weighted by atomic mass is 32.2. The van der Waals surface area contributed by atoms with Crippen LogP contribution in [0.25, 0.3) is 11.3 Å². The lowest BCUT2D eigenvalue weighted by atomic mass is 9.90. The van der Waals surface area contributed by atoms with Crippen LogP contribution in [0.4, 0.5) is 28.0 Å². The minimum atomic E-state index is -5.16. The number of alkyl carbamates (subject to hydrolysis) is 1. The standard InChI is InChI=1S/C31H32F4N4O5S/c1-28(2,3)44-27(42)39-29(4,5)20-14-23(17-6-9-21(32)10-7-17)37-24(15-20)30(45-43,31(33,34)35)16-36-26(41)18-8-11-22-19(12-18)13-25(40)38-22/h6-12,14-15,43H,13,16H2,1-5H3,(H,36,41)(H,38,40)(H,39,42). The number of carbonyl (C=O) groups excluding carboxylic acids is 3. The molecule has 0 spiro atoms. The lowest BCUT2D eigenvalue weighted by Crippen LogP contribution is -2.49. The van der Waals surface area contributed by atoms with Gasteiger partial charge in [0.25, 0.3) is 5.91 Å². The number of carbonyl (C=O) groups is 3. The van der Waals surface area contributed by atoms with Gasteiger partial charge in [0.2, 0.25) is 5.91 Å². The topological polar surface area (TPSA) is 130 Å². The van der Waals surface area contributed by atoms with Gasteiger partial charge >= 0.3 is 12.3 Å². The predicted octanol–water partition coefficient (Wildman–Crippen LogP) is 6.54. The largest absolute Gasteiger partial charge is 0.444 e. The number of ether oxygens (including phenoxy) is 1. The van der Waals surface area contributed by atoms with Gasteiger partial charge in [-0.1, -0.05) is 0 Å². The first-order chi connectivity index (χ1) is 20.8. The minimum absolute atomic E-state index is 0.00800. The molecular weight excluding hydrogens is 616 g/mol. The number of alkyl halides is 3. The number of rotatable bonds is 8. The van der Waals surface area contributed by atoms with E-state index >= 15 is 0 Å². The molecule has 14 heteroatoms. The van der Waals surface area contributed by atoms with Crippen LogP contribution < -0.4 is 16.0 Å². The molecule has 4 rings (SSSR count). The van der Waals surface area contributed by atoms with Crippen LogP contribution in [0, 0.1) is 5.82 Å². The Morgan fingerprint density at radius 3 is 2.29 bits per heavy atom. The summed E-state index contributed by atoms with van der Waals surface area (Å²) in [4.78, 5) is 41.6. The zero-order valence-electron chi connectivity index (χ0n) is 25.1. The van der Waals surface area contributed by atoms with Gasteiger partial charge in [0.15, 0.2) is 4.75 Å². The number of pyridine rings is 1. The second-order valence-corrected chi connectivity index (χ2v) is 13.0. The molecular formula is C31H32F4N4O5S. The number of anilines is 1. The third-order valence-electron chi connectivity index (χ3n) is 7.02. The molecule has 1 aromatic heterocycles. The van der Waals surface area contributed by atoms with Crippen molar-refractivity contribution in [3.05, 3.63) is 82.8 Å². The number of hydrogen-bond acceptors (Lipinski definition) is 7. The van der Waals surface area contributed by atoms with Crippen LogP contribution in [-0.4, -0.2) is 45.8 Å². The number of aromatic nitrogens is 1. The Morgan fingerprint density at radius 1 is 1.02 bits per heavy atom. The Balaban J connectivity index is 1.78. The normalized spacial score (nSPS) is 14.7. The van der Waals surface area contributed by atoms with Crippen LogP contribution in [0.2, 0.25) is 0 Å². The molecule has 45 heavy (non-hydrogen) atoms. The highest BCUT2D eigenvalue weighted by Crippen LogP contribution is 2.48. The van der Waals surface area contributed by atoms with Crippen LogP contribution in [0.1, 0.15) is 61.8 Å². The summed E-state index contributed by atoms with van der Waals surface area (Å²) >= 11 is -0.546. The van der Waals surface area contributed by atoms with Crippen molar-refractivity contribution >= 4 is 35.6 Å². The molecule has 0 aliphatic carbocycles. The van der Waals surface area contributed by atoms with Crippen molar-refractivity contribution in [3.63, 3.8) is 0 Å². The van der Waals surface area contributed by atoms with Gasteiger partial charge in [0, 0.05) is 35.4 Å². The summed E-state index contributed by atoms with van der Waals surface area (Å²) in [5, 5.41) is 7.52. The van der Waals surface area contributed by atoms with E-state index in [1.165, 1.54) is 36.4 Å². The van der Waals surface area contributed by atoms with Gasteiger partial charge < -0.3 is 25.2 Å². The van der Waals surface area contributed by atoms with Crippen LogP contribution in [0.15, 0.2) is 54.6 Å². The van der Waals surface area contributed by atoms with Gasteiger partial charge in [-0.15, -0.1) is 0 Å². The highest BCUT2D eigenvalue weighted by Gasteiger charge is 2.59. The Kier molecular flexibility index (Phi) is 9.23. The molecule has 9 nitrogen and oxygen atoms in total. The van der Waals surface area contributed by atoms with E-state index in [2.05, 4.69) is 20.9 Å². The Bertz CT molecular complexity index is 1620. The average Bonchev–Trinajstić information content (AvgIpc) is 3.31. The second kappa shape index (κ2) is 12.3. The summed E-state index contributed by atoms with van der Waals surface area (Å²) in [6, 6.07) is 11.7. The van der Waals surface area contributed by atoms with Gasteiger partial charge in [0.05, 0.1) is 23.3 Å². The molecule has 0 fully saturated rings. The molecule has 1 aliphatic heterocycles. The molecule has 1 atom stereocenters. The van der Waals surface area contributed by atoms with Crippen molar-refractivity contribution in [2.75, 3.05) is 11.9 Å². The maximum absolute atomic E-state index is 15.0. The van der Waals surface area contributed by atoms with Crippen molar-refractivity contribution in [2.24, 2.45) is 0 Å². The zero-order valence-corrected chi connectivity index (χ0v) is 25.9. The molecule has 2 aromatic carbocycles. The molecule has 0 saturated heterocycles. The minimum Gasteiger partial charge on any atom is -0.444 e. The second-order valence-electron chi connectivity index (χ2n) is 12.1. The number of nitrogens with zero attached hydrogens (tertiary/aromatic N) is 1. The van der Waals surface area contributed by atoms with Crippen LogP contribution in [-0.2, 0) is 26.2 Å². The molecule has 2 heterocycles. The molecule has 0 radical (unpaired) electrons. The maximum Gasteiger partial charge on any atom is 0.412 e. The Morgan fingerprint density at radius 2 is 1.69 bits per heavy atom. The fourth-order valence-electron chi connectivity index (χ4n) is 4.64. The monoisotopic (exact) mass is 648 g/mol. The summed E-state index contributed by atoms with van der Waals surface area (Å²) in [6.45, 7) is 6.91. The summed E-state index contributed by atoms with van der Waals surface area (Å²) in [6.07, 6.45) is -5.97. The quantitative estimate of drug-likeness (QED) is 0.161. The predicted molar refractivity (Wildman–Crippen MR) is 161 cm³/mol. The third kappa shape index (κ3) is 7.56. The fraction of sp³-hybridized carbons (Fsp3) is 0.355. The molecule has 4 N–H and O–H groups in total. The summed E-state index contributed by atoms with van der Waals surface area (Å²) in [5.41, 5.74) is -1.42. The first-order valence-electron chi connectivity index (χ1n) is 13.7. The SMILES string of the molecule is CC(C)(C)OC(=O)NC(C)(C)c1cc(-c2ccc(F)cc2)nc(C(CNC(=O)c2ccc3c(c2)CC(=O)N3)(SO)C(F)(F)F)c1. The lowest BCUT2D eigenvalue weighted by molar-refractivity contribution is -0.162. The molecule has 0 bridgehead atoms. The van der Waals surface area contributed by atoms with Crippen LogP contribution in [0.3, 0.4) is 0 Å². The summed E-state index contributed by atoms with van der Waals surface area (Å²) in [7, 11) is 0. The number of amides is 3. The van der Waals surface area contributed by atoms with Gasteiger partial charge in [-0.05, 0) is 100 Å². The van der Waals surface area contributed by atoms with Crippen molar-refractivity contribution < 1.29 is 41.2 Å². The number of benzene rings is 2. The van der Waals surface area contributed by atoms with Crippen LogP contribution in [0.5, 0.6) is 0 Å². The Hall–Kier alpha value is -4.17. The average molecular weight is 649 g/mol. The number of fused-ring (bicyclic) bond motifs is 1. The van der Waals surface area contributed by atoms with Gasteiger partial charge in [-0.25, -0.2) is 9.18 Å². The van der Waals surface area contributed by atoms with Crippen molar-refractivity contribution in [1.82, 2.24) is 15.6 Å².